The van der Waals surface area contributed by atoms with Crippen molar-refractivity contribution in [3.05, 3.63) is 0 Å². The molecular formula is C13H28N2O2S. The molecule has 0 saturated carbocycles. The molecule has 1 heterocycles. The van der Waals surface area contributed by atoms with Crippen LogP contribution in [-0.4, -0.2) is 56.5 Å². The first-order valence-electron chi connectivity index (χ1n) is 6.87. The second-order valence-electron chi connectivity index (χ2n) is 6.12. The molecule has 1 N–H and O–H groups in total. The molecule has 0 aliphatic carbocycles. The van der Waals surface area contributed by atoms with Crippen molar-refractivity contribution in [2.75, 3.05) is 25.1 Å². The summed E-state index contributed by atoms with van der Waals surface area (Å²) in [5.74, 6) is 0.906. The Bertz CT molecular complexity index is 354. The van der Waals surface area contributed by atoms with Crippen LogP contribution in [0.5, 0.6) is 0 Å². The van der Waals surface area contributed by atoms with Gasteiger partial charge in [-0.25, -0.2) is 8.42 Å². The number of hydrogen-bond donors (Lipinski definition) is 1. The maximum atomic E-state index is 11.1. The molecule has 4 nitrogen and oxygen atoms in total. The van der Waals surface area contributed by atoms with E-state index in [0.29, 0.717) is 24.4 Å². The van der Waals surface area contributed by atoms with Crippen LogP contribution in [0, 0.1) is 5.92 Å². The Kier molecular flexibility index (Phi) is 5.62. The lowest BCUT2D eigenvalue weighted by Gasteiger charge is -2.23. The first-order valence-corrected chi connectivity index (χ1v) is 8.93. The van der Waals surface area contributed by atoms with Crippen LogP contribution in [0.25, 0.3) is 0 Å². The third kappa shape index (κ3) is 5.24. The largest absolute Gasteiger partial charge is 0.310 e. The van der Waals surface area contributed by atoms with E-state index >= 15 is 0 Å². The fourth-order valence-electron chi connectivity index (χ4n) is 2.48. The summed E-state index contributed by atoms with van der Waals surface area (Å²) in [4.78, 5) is 2.48. The fourth-order valence-corrected chi connectivity index (χ4v) is 3.26. The van der Waals surface area contributed by atoms with Crippen molar-refractivity contribution in [3.63, 3.8) is 0 Å². The Morgan fingerprint density at radius 3 is 2.33 bits per heavy atom. The lowest BCUT2D eigenvalue weighted by atomic mass is 10.1. The summed E-state index contributed by atoms with van der Waals surface area (Å²) in [6, 6.07) is 1.34. The Labute approximate surface area is 112 Å². The summed E-state index contributed by atoms with van der Waals surface area (Å²) in [5, 5.41) is 3.58. The quantitative estimate of drug-likeness (QED) is 0.790. The third-order valence-electron chi connectivity index (χ3n) is 3.79. The van der Waals surface area contributed by atoms with E-state index in [2.05, 4.69) is 37.9 Å². The average Bonchev–Trinajstić information content (AvgIpc) is 2.57. The Balaban J connectivity index is 2.38. The zero-order chi connectivity index (χ0) is 13.9. The zero-order valence-corrected chi connectivity index (χ0v) is 13.1. The molecule has 5 heteroatoms. The van der Waals surface area contributed by atoms with E-state index in [4.69, 9.17) is 0 Å². The van der Waals surface area contributed by atoms with Crippen LogP contribution in [0.15, 0.2) is 0 Å². The number of nitrogens with zero attached hydrogens (tertiary/aromatic N) is 1. The molecule has 3 atom stereocenters. The predicted octanol–water partition coefficient (Wildman–Crippen LogP) is 1.13. The highest BCUT2D eigenvalue weighted by molar-refractivity contribution is 7.90. The van der Waals surface area contributed by atoms with Crippen LogP contribution in [0.1, 0.15) is 34.1 Å². The molecule has 1 aliphatic rings. The van der Waals surface area contributed by atoms with Gasteiger partial charge in [-0.3, -0.25) is 4.90 Å². The van der Waals surface area contributed by atoms with E-state index in [9.17, 15) is 8.42 Å². The molecule has 0 spiro atoms. The number of nitrogens with one attached hydrogen (secondary N) is 1. The smallest absolute Gasteiger partial charge is 0.147 e. The molecular weight excluding hydrogens is 248 g/mol. The standard InChI is InChI=1S/C13H28N2O2S/c1-10(2)15-8-11(3)13(9-15)14-12(4)6-7-18(5,16)17/h10-14H,6-9H2,1-5H3/t11-,12-,13+/m1/s1. The highest BCUT2D eigenvalue weighted by atomic mass is 32.2. The predicted molar refractivity (Wildman–Crippen MR) is 76.6 cm³/mol. The van der Waals surface area contributed by atoms with Crippen molar-refractivity contribution < 1.29 is 8.42 Å². The summed E-state index contributed by atoms with van der Waals surface area (Å²) in [7, 11) is -2.84. The van der Waals surface area contributed by atoms with Crippen LogP contribution in [0.4, 0.5) is 0 Å². The van der Waals surface area contributed by atoms with Crippen molar-refractivity contribution in [2.45, 2.75) is 52.2 Å². The third-order valence-corrected chi connectivity index (χ3v) is 4.77. The summed E-state index contributed by atoms with van der Waals surface area (Å²) in [6.07, 6.45) is 2.00. The number of sulfone groups is 1. The topological polar surface area (TPSA) is 49.4 Å². The molecule has 108 valence electrons. The van der Waals surface area contributed by atoms with Crippen molar-refractivity contribution in [1.82, 2.24) is 10.2 Å². The van der Waals surface area contributed by atoms with Gasteiger partial charge in [-0.05, 0) is 33.1 Å². The van der Waals surface area contributed by atoms with Gasteiger partial charge in [0.25, 0.3) is 0 Å². The normalized spacial score (nSPS) is 27.9. The van der Waals surface area contributed by atoms with Gasteiger partial charge in [0.05, 0.1) is 5.75 Å². The number of hydrogen-bond acceptors (Lipinski definition) is 4. The van der Waals surface area contributed by atoms with E-state index in [1.165, 1.54) is 6.26 Å². The molecule has 0 amide bonds. The second kappa shape index (κ2) is 6.35. The van der Waals surface area contributed by atoms with Gasteiger partial charge >= 0.3 is 0 Å². The van der Waals surface area contributed by atoms with Crippen molar-refractivity contribution >= 4 is 9.84 Å². The summed E-state index contributed by atoms with van der Waals surface area (Å²) in [6.45, 7) is 11.0. The molecule has 0 radical (unpaired) electrons. The van der Waals surface area contributed by atoms with Crippen LogP contribution in [-0.2, 0) is 9.84 Å². The van der Waals surface area contributed by atoms with Crippen LogP contribution in [0.3, 0.4) is 0 Å². The minimum atomic E-state index is -2.84. The molecule has 1 aliphatic heterocycles. The number of likely N-dealkylation sites (tertiary alicyclic amines) is 1. The van der Waals surface area contributed by atoms with E-state index in [0.717, 1.165) is 13.1 Å². The van der Waals surface area contributed by atoms with E-state index in [-0.39, 0.29) is 11.8 Å². The van der Waals surface area contributed by atoms with Gasteiger partial charge in [0, 0.05) is 37.5 Å². The molecule has 1 fully saturated rings. The molecule has 0 unspecified atom stereocenters. The van der Waals surface area contributed by atoms with Gasteiger partial charge in [-0.2, -0.15) is 0 Å². The monoisotopic (exact) mass is 276 g/mol. The molecule has 1 saturated heterocycles. The van der Waals surface area contributed by atoms with Gasteiger partial charge in [0.2, 0.25) is 0 Å². The summed E-state index contributed by atoms with van der Waals surface area (Å²) in [5.41, 5.74) is 0. The Morgan fingerprint density at radius 2 is 1.89 bits per heavy atom. The molecule has 0 aromatic heterocycles. The van der Waals surface area contributed by atoms with Crippen molar-refractivity contribution in [2.24, 2.45) is 5.92 Å². The molecule has 0 aromatic rings. The molecule has 0 bridgehead atoms. The fraction of sp³-hybridized carbons (Fsp3) is 1.00. The number of rotatable bonds is 6. The minimum absolute atomic E-state index is 0.263. The highest BCUT2D eigenvalue weighted by Crippen LogP contribution is 2.19. The van der Waals surface area contributed by atoms with Gasteiger partial charge < -0.3 is 5.32 Å². The van der Waals surface area contributed by atoms with E-state index in [1.54, 1.807) is 0 Å². The molecule has 18 heavy (non-hydrogen) atoms. The zero-order valence-electron chi connectivity index (χ0n) is 12.3. The van der Waals surface area contributed by atoms with Crippen molar-refractivity contribution in [1.29, 1.82) is 0 Å². The van der Waals surface area contributed by atoms with Gasteiger partial charge in [0.1, 0.15) is 9.84 Å². The lowest BCUT2D eigenvalue weighted by molar-refractivity contribution is 0.262. The maximum Gasteiger partial charge on any atom is 0.147 e. The Morgan fingerprint density at radius 1 is 1.28 bits per heavy atom. The van der Waals surface area contributed by atoms with E-state index < -0.39 is 9.84 Å². The summed E-state index contributed by atoms with van der Waals surface area (Å²) >= 11 is 0. The summed E-state index contributed by atoms with van der Waals surface area (Å²) < 4.78 is 22.3. The van der Waals surface area contributed by atoms with Gasteiger partial charge in [-0.1, -0.05) is 6.92 Å². The van der Waals surface area contributed by atoms with E-state index in [1.807, 2.05) is 0 Å². The Hall–Kier alpha value is -0.130. The van der Waals surface area contributed by atoms with Crippen LogP contribution in [0.2, 0.25) is 0 Å². The first kappa shape index (κ1) is 15.9. The van der Waals surface area contributed by atoms with Crippen molar-refractivity contribution in [3.8, 4) is 0 Å². The second-order valence-corrected chi connectivity index (χ2v) is 8.38. The molecule has 0 aromatic carbocycles. The highest BCUT2D eigenvalue weighted by Gasteiger charge is 2.31. The SMILES string of the molecule is CC(C)N1C[C@@H](C)[C@@H](N[C@H](C)CCS(C)(=O)=O)C1. The maximum absolute atomic E-state index is 11.1. The first-order chi connectivity index (χ1) is 8.19. The van der Waals surface area contributed by atoms with Gasteiger partial charge in [-0.15, -0.1) is 0 Å². The van der Waals surface area contributed by atoms with Crippen LogP contribution < -0.4 is 5.32 Å². The molecule has 1 rings (SSSR count). The lowest BCUT2D eigenvalue weighted by Crippen LogP contribution is -2.42. The van der Waals surface area contributed by atoms with Gasteiger partial charge in [0.15, 0.2) is 0 Å². The minimum Gasteiger partial charge on any atom is -0.310 e. The van der Waals surface area contributed by atoms with Crippen LogP contribution >= 0.6 is 0 Å². The average molecular weight is 276 g/mol.